The average molecular weight is 472 g/mol. The molecule has 0 bridgehead atoms. The van der Waals surface area contributed by atoms with Crippen LogP contribution in [0, 0.1) is 5.82 Å². The van der Waals surface area contributed by atoms with E-state index in [1.165, 1.54) is 29.2 Å². The first-order valence-electron chi connectivity index (χ1n) is 10.5. The van der Waals surface area contributed by atoms with Crippen molar-refractivity contribution < 1.29 is 14.0 Å². The molecule has 1 aromatic carbocycles. The van der Waals surface area contributed by atoms with Gasteiger partial charge in [0, 0.05) is 32.2 Å². The molecular formula is C22H22FN5O2S2. The van der Waals surface area contributed by atoms with E-state index in [1.807, 2.05) is 22.1 Å². The van der Waals surface area contributed by atoms with Crippen LogP contribution in [0.25, 0.3) is 11.4 Å². The Morgan fingerprint density at radius 2 is 1.78 bits per heavy atom. The van der Waals surface area contributed by atoms with Crippen molar-refractivity contribution in [3.8, 4) is 11.4 Å². The smallest absolute Gasteiger partial charge is 0.264 e. The molecule has 0 unspecified atom stereocenters. The van der Waals surface area contributed by atoms with E-state index in [4.69, 9.17) is 0 Å². The van der Waals surface area contributed by atoms with Crippen molar-refractivity contribution in [3.05, 3.63) is 52.5 Å². The molecule has 1 saturated carbocycles. The fraction of sp³-hybridized carbons (Fsp3) is 0.364. The fourth-order valence-electron chi connectivity index (χ4n) is 3.80. The summed E-state index contributed by atoms with van der Waals surface area (Å²) in [6, 6.07) is 10.5. The minimum atomic E-state index is -0.329. The monoisotopic (exact) mass is 471 g/mol. The van der Waals surface area contributed by atoms with Crippen LogP contribution >= 0.6 is 23.1 Å². The molecule has 3 aromatic rings. The number of carbonyl (C=O) groups is 2. The molecule has 166 valence electrons. The molecule has 0 radical (unpaired) electrons. The molecule has 32 heavy (non-hydrogen) atoms. The second-order valence-electron chi connectivity index (χ2n) is 7.83. The van der Waals surface area contributed by atoms with Crippen molar-refractivity contribution in [1.82, 2.24) is 24.6 Å². The maximum atomic E-state index is 14.3. The number of rotatable bonds is 6. The summed E-state index contributed by atoms with van der Waals surface area (Å²) >= 11 is 2.77. The molecule has 0 N–H and O–H groups in total. The summed E-state index contributed by atoms with van der Waals surface area (Å²) in [5.41, 5.74) is 0.427. The summed E-state index contributed by atoms with van der Waals surface area (Å²) in [6.07, 6.45) is 2.00. The molecule has 2 amide bonds. The molecule has 2 fully saturated rings. The molecule has 2 aliphatic rings. The van der Waals surface area contributed by atoms with Gasteiger partial charge in [0.25, 0.3) is 5.91 Å². The zero-order chi connectivity index (χ0) is 22.1. The number of carbonyl (C=O) groups excluding carboxylic acids is 2. The fourth-order valence-corrected chi connectivity index (χ4v) is 5.40. The van der Waals surface area contributed by atoms with Crippen molar-refractivity contribution in [3.63, 3.8) is 0 Å². The first-order chi connectivity index (χ1) is 15.6. The number of hydrogen-bond acceptors (Lipinski definition) is 6. The van der Waals surface area contributed by atoms with Crippen LogP contribution in [0.5, 0.6) is 0 Å². The van der Waals surface area contributed by atoms with Gasteiger partial charge in [0.2, 0.25) is 5.91 Å². The standard InChI is InChI=1S/C22H22FN5O2S2/c23-17-5-2-1-4-16(17)20-24-25-22(28(20)15-7-8-15)32-14-19(29)26-9-11-27(12-10-26)21(30)18-6-3-13-31-18/h1-6,13,15H,7-12,14H2. The molecular weight excluding hydrogens is 449 g/mol. The molecule has 3 heterocycles. The van der Waals surface area contributed by atoms with Crippen LogP contribution in [0.3, 0.4) is 0 Å². The van der Waals surface area contributed by atoms with E-state index in [-0.39, 0.29) is 29.4 Å². The molecule has 1 saturated heterocycles. The SMILES string of the molecule is O=C(CSc1nnc(-c2ccccc2F)n1C1CC1)N1CCN(C(=O)c2cccs2)CC1. The summed E-state index contributed by atoms with van der Waals surface area (Å²) in [5.74, 6) is 0.461. The number of thiophene rings is 1. The molecule has 10 heteroatoms. The lowest BCUT2D eigenvalue weighted by Gasteiger charge is -2.34. The van der Waals surface area contributed by atoms with Gasteiger partial charge in [-0.15, -0.1) is 21.5 Å². The maximum Gasteiger partial charge on any atom is 0.264 e. The van der Waals surface area contributed by atoms with Gasteiger partial charge in [-0.25, -0.2) is 4.39 Å². The number of nitrogens with zero attached hydrogens (tertiary/aromatic N) is 5. The van der Waals surface area contributed by atoms with Gasteiger partial charge in [-0.05, 0) is 36.4 Å². The van der Waals surface area contributed by atoms with Gasteiger partial charge in [-0.2, -0.15) is 0 Å². The quantitative estimate of drug-likeness (QED) is 0.514. The lowest BCUT2D eigenvalue weighted by atomic mass is 10.2. The Morgan fingerprint density at radius 1 is 1.03 bits per heavy atom. The van der Waals surface area contributed by atoms with Gasteiger partial charge in [0.15, 0.2) is 11.0 Å². The number of hydrogen-bond donors (Lipinski definition) is 0. The zero-order valence-corrected chi connectivity index (χ0v) is 18.9. The van der Waals surface area contributed by atoms with Gasteiger partial charge in [-0.3, -0.25) is 14.2 Å². The van der Waals surface area contributed by atoms with E-state index in [0.717, 1.165) is 17.7 Å². The van der Waals surface area contributed by atoms with Crippen LogP contribution in [-0.4, -0.2) is 68.3 Å². The topological polar surface area (TPSA) is 71.3 Å². The van der Waals surface area contributed by atoms with Crippen LogP contribution in [0.4, 0.5) is 4.39 Å². The highest BCUT2D eigenvalue weighted by Crippen LogP contribution is 2.41. The Labute approximate surface area is 193 Å². The van der Waals surface area contributed by atoms with Gasteiger partial charge >= 0.3 is 0 Å². The molecule has 7 nitrogen and oxygen atoms in total. The van der Waals surface area contributed by atoms with Crippen LogP contribution < -0.4 is 0 Å². The second kappa shape index (κ2) is 9.03. The Kier molecular flexibility index (Phi) is 5.97. The minimum absolute atomic E-state index is 0.0102. The van der Waals surface area contributed by atoms with E-state index in [1.54, 1.807) is 28.0 Å². The van der Waals surface area contributed by atoms with Gasteiger partial charge in [0.1, 0.15) is 5.82 Å². The van der Waals surface area contributed by atoms with E-state index < -0.39 is 0 Å². The first-order valence-corrected chi connectivity index (χ1v) is 12.4. The summed E-state index contributed by atoms with van der Waals surface area (Å²) in [6.45, 7) is 2.10. The normalized spacial score (nSPS) is 16.4. The molecule has 1 aliphatic carbocycles. The minimum Gasteiger partial charge on any atom is -0.338 e. The zero-order valence-electron chi connectivity index (χ0n) is 17.3. The van der Waals surface area contributed by atoms with Crippen LogP contribution in [0.15, 0.2) is 46.9 Å². The Morgan fingerprint density at radius 3 is 2.47 bits per heavy atom. The third kappa shape index (κ3) is 4.29. The number of piperazine rings is 1. The molecule has 5 rings (SSSR count). The van der Waals surface area contributed by atoms with E-state index in [2.05, 4.69) is 10.2 Å². The predicted molar refractivity (Wildman–Crippen MR) is 121 cm³/mol. The summed E-state index contributed by atoms with van der Waals surface area (Å²) in [4.78, 5) is 29.6. The van der Waals surface area contributed by atoms with Crippen LogP contribution in [0.2, 0.25) is 0 Å². The van der Waals surface area contributed by atoms with Crippen molar-refractivity contribution in [1.29, 1.82) is 0 Å². The van der Waals surface area contributed by atoms with Gasteiger partial charge < -0.3 is 9.80 Å². The first kappa shape index (κ1) is 21.1. The third-order valence-electron chi connectivity index (χ3n) is 5.67. The molecule has 1 aliphatic heterocycles. The van der Waals surface area contributed by atoms with E-state index in [9.17, 15) is 14.0 Å². The lowest BCUT2D eigenvalue weighted by molar-refractivity contribution is -0.129. The number of halogens is 1. The van der Waals surface area contributed by atoms with Crippen molar-refractivity contribution in [2.45, 2.75) is 24.0 Å². The highest BCUT2D eigenvalue weighted by Gasteiger charge is 2.32. The summed E-state index contributed by atoms with van der Waals surface area (Å²) in [7, 11) is 0. The second-order valence-corrected chi connectivity index (χ2v) is 9.72. The Balaban J connectivity index is 1.21. The summed E-state index contributed by atoms with van der Waals surface area (Å²) < 4.78 is 16.3. The number of thioether (sulfide) groups is 1. The van der Waals surface area contributed by atoms with Crippen molar-refractivity contribution in [2.24, 2.45) is 0 Å². The predicted octanol–water partition coefficient (Wildman–Crippen LogP) is 3.56. The lowest BCUT2D eigenvalue weighted by Crippen LogP contribution is -2.51. The number of aromatic nitrogens is 3. The Hall–Kier alpha value is -2.72. The third-order valence-corrected chi connectivity index (χ3v) is 7.45. The Bertz CT molecular complexity index is 1120. The molecule has 0 atom stereocenters. The van der Waals surface area contributed by atoms with Gasteiger partial charge in [-0.1, -0.05) is 30.0 Å². The van der Waals surface area contributed by atoms with Crippen LogP contribution in [0.1, 0.15) is 28.6 Å². The average Bonchev–Trinajstić information content (AvgIpc) is 3.33. The highest BCUT2D eigenvalue weighted by atomic mass is 32.2. The van der Waals surface area contributed by atoms with E-state index in [0.29, 0.717) is 42.7 Å². The number of amides is 2. The molecule has 0 spiro atoms. The van der Waals surface area contributed by atoms with E-state index >= 15 is 0 Å². The van der Waals surface area contributed by atoms with Crippen LogP contribution in [-0.2, 0) is 4.79 Å². The van der Waals surface area contributed by atoms with Crippen molar-refractivity contribution >= 4 is 34.9 Å². The highest BCUT2D eigenvalue weighted by molar-refractivity contribution is 7.99. The summed E-state index contributed by atoms with van der Waals surface area (Å²) in [5, 5.41) is 11.0. The molecule has 2 aromatic heterocycles. The maximum absolute atomic E-state index is 14.3. The number of benzene rings is 1. The largest absolute Gasteiger partial charge is 0.338 e. The van der Waals surface area contributed by atoms with Gasteiger partial charge in [0.05, 0.1) is 16.2 Å². The van der Waals surface area contributed by atoms with Crippen molar-refractivity contribution in [2.75, 3.05) is 31.9 Å².